The predicted molar refractivity (Wildman–Crippen MR) is 107 cm³/mol. The first-order valence-electron chi connectivity index (χ1n) is 8.86. The summed E-state index contributed by atoms with van der Waals surface area (Å²) in [6, 6.07) is 14.8. The van der Waals surface area contributed by atoms with Gasteiger partial charge in [0.15, 0.2) is 0 Å². The number of aromatic nitrogens is 4. The fourth-order valence-corrected chi connectivity index (χ4v) is 2.85. The molecule has 0 radical (unpaired) electrons. The van der Waals surface area contributed by atoms with Crippen molar-refractivity contribution in [2.45, 2.75) is 6.54 Å². The van der Waals surface area contributed by atoms with Gasteiger partial charge in [-0.15, -0.1) is 0 Å². The molecule has 4 aromatic rings. The number of carbonyl (C=O) groups excluding carboxylic acids is 1. The molecule has 0 spiro atoms. The first kappa shape index (κ1) is 18.3. The van der Waals surface area contributed by atoms with E-state index < -0.39 is 0 Å². The molecule has 144 valence electrons. The molecule has 0 aliphatic heterocycles. The Morgan fingerprint density at radius 3 is 2.72 bits per heavy atom. The van der Waals surface area contributed by atoms with Crippen molar-refractivity contribution in [3.8, 4) is 22.6 Å². The van der Waals surface area contributed by atoms with Gasteiger partial charge >= 0.3 is 0 Å². The lowest BCUT2D eigenvalue weighted by Crippen LogP contribution is -2.23. The number of aromatic amines is 1. The van der Waals surface area contributed by atoms with E-state index in [1.165, 1.54) is 18.3 Å². The molecule has 4 rings (SSSR count). The SMILES string of the molecule is Nc1ccc(C(=O)NCc2nc(-c3cccc(F)c3)c(-c3ccccn3)[nH]2)cn1. The summed E-state index contributed by atoms with van der Waals surface area (Å²) in [4.78, 5) is 28.3. The van der Waals surface area contributed by atoms with Crippen LogP contribution in [0.1, 0.15) is 16.2 Å². The van der Waals surface area contributed by atoms with Gasteiger partial charge in [0.05, 0.1) is 29.2 Å². The highest BCUT2D eigenvalue weighted by Gasteiger charge is 2.16. The second-order valence-electron chi connectivity index (χ2n) is 6.29. The van der Waals surface area contributed by atoms with E-state index >= 15 is 0 Å². The van der Waals surface area contributed by atoms with E-state index in [0.29, 0.717) is 39.9 Å². The average molecular weight is 388 g/mol. The van der Waals surface area contributed by atoms with Crippen molar-refractivity contribution in [3.63, 3.8) is 0 Å². The van der Waals surface area contributed by atoms with E-state index in [9.17, 15) is 9.18 Å². The third-order valence-electron chi connectivity index (χ3n) is 4.24. The summed E-state index contributed by atoms with van der Waals surface area (Å²) in [5.41, 5.74) is 8.42. The molecule has 8 heteroatoms. The third kappa shape index (κ3) is 4.11. The third-order valence-corrected chi connectivity index (χ3v) is 4.24. The highest BCUT2D eigenvalue weighted by atomic mass is 19.1. The number of hydrogen-bond donors (Lipinski definition) is 3. The molecule has 0 atom stereocenters. The molecule has 0 saturated carbocycles. The number of rotatable bonds is 5. The first-order chi connectivity index (χ1) is 14.1. The van der Waals surface area contributed by atoms with Gasteiger partial charge in [-0.1, -0.05) is 18.2 Å². The largest absolute Gasteiger partial charge is 0.384 e. The van der Waals surface area contributed by atoms with Gasteiger partial charge in [-0.25, -0.2) is 14.4 Å². The van der Waals surface area contributed by atoms with Gasteiger partial charge < -0.3 is 16.0 Å². The van der Waals surface area contributed by atoms with Crippen molar-refractivity contribution in [3.05, 3.63) is 84.2 Å². The van der Waals surface area contributed by atoms with Crippen LogP contribution in [0.5, 0.6) is 0 Å². The number of benzene rings is 1. The lowest BCUT2D eigenvalue weighted by Gasteiger charge is -2.03. The Kier molecular flexibility index (Phi) is 4.98. The lowest BCUT2D eigenvalue weighted by molar-refractivity contribution is 0.0949. The minimum Gasteiger partial charge on any atom is -0.384 e. The number of amides is 1. The molecular weight excluding hydrogens is 371 g/mol. The van der Waals surface area contributed by atoms with Gasteiger partial charge in [0, 0.05) is 18.0 Å². The van der Waals surface area contributed by atoms with E-state index in [1.807, 2.05) is 18.2 Å². The molecule has 0 aliphatic carbocycles. The molecule has 3 heterocycles. The standard InChI is InChI=1S/C21H17FN6O/c22-15-5-3-4-13(10-15)19-20(16-6-1-2-9-24-16)28-18(27-19)12-26-21(29)14-7-8-17(23)25-11-14/h1-11H,12H2,(H2,23,25)(H,26,29)(H,27,28). The van der Waals surface area contributed by atoms with Gasteiger partial charge in [0.2, 0.25) is 0 Å². The van der Waals surface area contributed by atoms with Gasteiger partial charge in [-0.3, -0.25) is 9.78 Å². The minimum atomic E-state index is -0.358. The summed E-state index contributed by atoms with van der Waals surface area (Å²) in [6.45, 7) is 0.151. The van der Waals surface area contributed by atoms with Crippen molar-refractivity contribution in [2.75, 3.05) is 5.73 Å². The molecule has 3 aromatic heterocycles. The van der Waals surface area contributed by atoms with Crippen LogP contribution in [-0.2, 0) is 6.54 Å². The molecule has 1 amide bonds. The zero-order valence-electron chi connectivity index (χ0n) is 15.3. The van der Waals surface area contributed by atoms with Crippen LogP contribution in [0.25, 0.3) is 22.6 Å². The van der Waals surface area contributed by atoms with Crippen LogP contribution in [0.15, 0.2) is 67.0 Å². The smallest absolute Gasteiger partial charge is 0.253 e. The minimum absolute atomic E-state index is 0.151. The maximum absolute atomic E-state index is 13.7. The highest BCUT2D eigenvalue weighted by Crippen LogP contribution is 2.29. The molecule has 4 N–H and O–H groups in total. The summed E-state index contributed by atoms with van der Waals surface area (Å²) in [7, 11) is 0. The average Bonchev–Trinajstić information content (AvgIpc) is 3.18. The number of nitrogens with two attached hydrogens (primary N) is 1. The number of imidazole rings is 1. The zero-order valence-corrected chi connectivity index (χ0v) is 15.3. The molecular formula is C21H17FN6O. The highest BCUT2D eigenvalue weighted by molar-refractivity contribution is 5.94. The Hall–Kier alpha value is -4.07. The van der Waals surface area contributed by atoms with Gasteiger partial charge in [0.1, 0.15) is 17.5 Å². The molecule has 29 heavy (non-hydrogen) atoms. The normalized spacial score (nSPS) is 10.7. The maximum atomic E-state index is 13.7. The van der Waals surface area contributed by atoms with E-state index in [1.54, 1.807) is 30.5 Å². The van der Waals surface area contributed by atoms with Gasteiger partial charge in [0.25, 0.3) is 5.91 Å². The maximum Gasteiger partial charge on any atom is 0.253 e. The Bertz CT molecular complexity index is 1140. The van der Waals surface area contributed by atoms with Crippen molar-refractivity contribution in [1.29, 1.82) is 0 Å². The quantitative estimate of drug-likeness (QED) is 0.486. The number of carbonyl (C=O) groups is 1. The summed E-state index contributed by atoms with van der Waals surface area (Å²) < 4.78 is 13.7. The molecule has 0 aliphatic rings. The topological polar surface area (TPSA) is 110 Å². The van der Waals surface area contributed by atoms with Gasteiger partial charge in [-0.05, 0) is 36.4 Å². The van der Waals surface area contributed by atoms with Crippen molar-refractivity contribution < 1.29 is 9.18 Å². The Balaban J connectivity index is 1.62. The van der Waals surface area contributed by atoms with Crippen LogP contribution >= 0.6 is 0 Å². The monoisotopic (exact) mass is 388 g/mol. The summed E-state index contributed by atoms with van der Waals surface area (Å²) in [5.74, 6) is 0.192. The number of anilines is 1. The second kappa shape index (κ2) is 7.89. The fourth-order valence-electron chi connectivity index (χ4n) is 2.85. The van der Waals surface area contributed by atoms with Crippen LogP contribution in [0.4, 0.5) is 10.2 Å². The summed E-state index contributed by atoms with van der Waals surface area (Å²) >= 11 is 0. The van der Waals surface area contributed by atoms with E-state index in [-0.39, 0.29) is 18.3 Å². The number of nitrogens with zero attached hydrogens (tertiary/aromatic N) is 3. The number of halogens is 1. The van der Waals surface area contributed by atoms with E-state index in [2.05, 4.69) is 25.3 Å². The van der Waals surface area contributed by atoms with Crippen molar-refractivity contribution >= 4 is 11.7 Å². The van der Waals surface area contributed by atoms with Crippen molar-refractivity contribution in [2.24, 2.45) is 0 Å². The van der Waals surface area contributed by atoms with E-state index in [0.717, 1.165) is 0 Å². The number of nitrogens with one attached hydrogen (secondary N) is 2. The Morgan fingerprint density at radius 1 is 1.10 bits per heavy atom. The molecule has 7 nitrogen and oxygen atoms in total. The van der Waals surface area contributed by atoms with Crippen LogP contribution in [0.2, 0.25) is 0 Å². The second-order valence-corrected chi connectivity index (χ2v) is 6.29. The molecule has 0 fully saturated rings. The van der Waals surface area contributed by atoms with Crippen LogP contribution in [0, 0.1) is 5.82 Å². The Morgan fingerprint density at radius 2 is 2.00 bits per heavy atom. The number of nitrogen functional groups attached to an aromatic ring is 1. The number of hydrogen-bond acceptors (Lipinski definition) is 5. The molecule has 1 aromatic carbocycles. The zero-order chi connectivity index (χ0) is 20.2. The molecule has 0 unspecified atom stereocenters. The summed E-state index contributed by atoms with van der Waals surface area (Å²) in [5, 5.41) is 2.78. The first-order valence-corrected chi connectivity index (χ1v) is 8.86. The van der Waals surface area contributed by atoms with Gasteiger partial charge in [-0.2, -0.15) is 0 Å². The fraction of sp³-hybridized carbons (Fsp3) is 0.0476. The number of H-pyrrole nitrogens is 1. The van der Waals surface area contributed by atoms with Crippen molar-refractivity contribution in [1.82, 2.24) is 25.3 Å². The molecule has 0 saturated heterocycles. The van der Waals surface area contributed by atoms with Crippen LogP contribution in [0.3, 0.4) is 0 Å². The predicted octanol–water partition coefficient (Wildman–Crippen LogP) is 3.19. The van der Waals surface area contributed by atoms with E-state index in [4.69, 9.17) is 5.73 Å². The molecule has 0 bridgehead atoms. The van der Waals surface area contributed by atoms with Crippen LogP contribution < -0.4 is 11.1 Å². The van der Waals surface area contributed by atoms with Crippen LogP contribution in [-0.4, -0.2) is 25.8 Å². The Labute approximate surface area is 165 Å². The summed E-state index contributed by atoms with van der Waals surface area (Å²) in [6.07, 6.45) is 3.07. The lowest BCUT2D eigenvalue weighted by atomic mass is 10.1. The number of pyridine rings is 2.